The van der Waals surface area contributed by atoms with E-state index in [1.807, 2.05) is 26.8 Å². The fourth-order valence-corrected chi connectivity index (χ4v) is 2.48. The Kier molecular flexibility index (Phi) is 4.17. The van der Waals surface area contributed by atoms with Crippen molar-refractivity contribution in [2.75, 3.05) is 0 Å². The Hall–Kier alpha value is -2.49. The molecule has 2 aromatic rings. The molecule has 2 aromatic carbocycles. The quantitative estimate of drug-likeness (QED) is 0.489. The van der Waals surface area contributed by atoms with E-state index in [0.717, 1.165) is 16.7 Å². The van der Waals surface area contributed by atoms with Crippen molar-refractivity contribution >= 4 is 5.78 Å². The van der Waals surface area contributed by atoms with Crippen molar-refractivity contribution in [3.63, 3.8) is 0 Å². The van der Waals surface area contributed by atoms with Gasteiger partial charge in [0.2, 0.25) is 6.54 Å². The van der Waals surface area contributed by atoms with Crippen molar-refractivity contribution in [2.24, 2.45) is 0 Å². The molecule has 0 atom stereocenters. The summed E-state index contributed by atoms with van der Waals surface area (Å²) in [6, 6.07) is 10.6. The highest BCUT2D eigenvalue weighted by Crippen LogP contribution is 2.25. The summed E-state index contributed by atoms with van der Waals surface area (Å²) in [4.78, 5) is 23.2. The molecule has 0 fully saturated rings. The molecule has 21 heavy (non-hydrogen) atoms. The van der Waals surface area contributed by atoms with Crippen LogP contribution in [0.25, 0.3) is 0 Å². The van der Waals surface area contributed by atoms with Gasteiger partial charge in [-0.05, 0) is 43.5 Å². The van der Waals surface area contributed by atoms with Crippen molar-refractivity contribution in [3.05, 3.63) is 79.9 Å². The Balaban J connectivity index is 2.63. The molecule has 2 rings (SSSR count). The van der Waals surface area contributed by atoms with E-state index in [4.69, 9.17) is 0 Å². The fourth-order valence-electron chi connectivity index (χ4n) is 2.48. The standard InChI is InChI=1S/C17H17NO3/c1-11-9-15(10-18(20)21)16(13(3)12(11)2)17(19)14-7-5-4-6-8-14/h4-9H,10H2,1-3H3. The summed E-state index contributed by atoms with van der Waals surface area (Å²) in [5.74, 6) is -0.159. The lowest BCUT2D eigenvalue weighted by Gasteiger charge is -2.14. The Morgan fingerprint density at radius 1 is 1.10 bits per heavy atom. The lowest BCUT2D eigenvalue weighted by Crippen LogP contribution is -2.13. The van der Waals surface area contributed by atoms with Crippen LogP contribution in [-0.2, 0) is 6.54 Å². The molecule has 0 unspecified atom stereocenters. The third-order valence-corrected chi connectivity index (χ3v) is 3.80. The van der Waals surface area contributed by atoms with Gasteiger partial charge in [0.25, 0.3) is 0 Å². The smallest absolute Gasteiger partial charge is 0.229 e. The third kappa shape index (κ3) is 2.99. The summed E-state index contributed by atoms with van der Waals surface area (Å²) < 4.78 is 0. The van der Waals surface area contributed by atoms with Gasteiger partial charge < -0.3 is 0 Å². The highest BCUT2D eigenvalue weighted by Gasteiger charge is 2.21. The van der Waals surface area contributed by atoms with Crippen molar-refractivity contribution in [2.45, 2.75) is 27.3 Å². The Morgan fingerprint density at radius 2 is 1.71 bits per heavy atom. The third-order valence-electron chi connectivity index (χ3n) is 3.80. The van der Waals surface area contributed by atoms with Crippen molar-refractivity contribution in [1.29, 1.82) is 0 Å². The molecule has 0 saturated heterocycles. The predicted molar refractivity (Wildman–Crippen MR) is 81.2 cm³/mol. The lowest BCUT2D eigenvalue weighted by atomic mass is 9.89. The monoisotopic (exact) mass is 283 g/mol. The second-order valence-electron chi connectivity index (χ2n) is 5.16. The van der Waals surface area contributed by atoms with E-state index < -0.39 is 4.92 Å². The van der Waals surface area contributed by atoms with Gasteiger partial charge in [0, 0.05) is 21.6 Å². The van der Waals surface area contributed by atoms with Crippen LogP contribution < -0.4 is 0 Å². The second kappa shape index (κ2) is 5.87. The average Bonchev–Trinajstić information content (AvgIpc) is 2.45. The zero-order chi connectivity index (χ0) is 15.6. The molecule has 0 aromatic heterocycles. The number of benzene rings is 2. The molecule has 0 bridgehead atoms. The number of nitrogens with zero attached hydrogens (tertiary/aromatic N) is 1. The van der Waals surface area contributed by atoms with Gasteiger partial charge in [-0.25, -0.2) is 0 Å². The van der Waals surface area contributed by atoms with E-state index in [-0.39, 0.29) is 12.3 Å². The fraction of sp³-hybridized carbons (Fsp3) is 0.235. The van der Waals surface area contributed by atoms with Crippen LogP contribution in [0.3, 0.4) is 0 Å². The van der Waals surface area contributed by atoms with Crippen molar-refractivity contribution in [1.82, 2.24) is 0 Å². The molecule has 0 spiro atoms. The van der Waals surface area contributed by atoms with Gasteiger partial charge in [0.15, 0.2) is 5.78 Å². The molecule has 4 heteroatoms. The molecule has 0 aliphatic rings. The van der Waals surface area contributed by atoms with Gasteiger partial charge in [-0.2, -0.15) is 0 Å². The van der Waals surface area contributed by atoms with E-state index in [1.165, 1.54) is 0 Å². The van der Waals surface area contributed by atoms with E-state index in [2.05, 4.69) is 0 Å². The zero-order valence-corrected chi connectivity index (χ0v) is 12.3. The number of hydrogen-bond acceptors (Lipinski definition) is 3. The maximum Gasteiger partial charge on any atom is 0.229 e. The number of carbonyl (C=O) groups is 1. The number of rotatable bonds is 4. The minimum atomic E-state index is -0.398. The molecule has 108 valence electrons. The SMILES string of the molecule is Cc1cc(C[N+](=O)[O-])c(C(=O)c2ccccc2)c(C)c1C. The molecular formula is C17H17NO3. The van der Waals surface area contributed by atoms with Gasteiger partial charge in [0.1, 0.15) is 0 Å². The molecule has 0 aliphatic heterocycles. The molecule has 0 N–H and O–H groups in total. The first-order chi connectivity index (χ1) is 9.91. The summed E-state index contributed by atoms with van der Waals surface area (Å²) in [6.07, 6.45) is 0. The zero-order valence-electron chi connectivity index (χ0n) is 12.3. The number of nitro groups is 1. The number of ketones is 1. The number of carbonyl (C=O) groups excluding carboxylic acids is 1. The van der Waals surface area contributed by atoms with Gasteiger partial charge >= 0.3 is 0 Å². The van der Waals surface area contributed by atoms with Crippen LogP contribution in [0.2, 0.25) is 0 Å². The summed E-state index contributed by atoms with van der Waals surface area (Å²) in [5.41, 5.74) is 4.28. The summed E-state index contributed by atoms with van der Waals surface area (Å²) in [7, 11) is 0. The van der Waals surface area contributed by atoms with Crippen LogP contribution in [0, 0.1) is 30.9 Å². The molecule has 0 saturated carbocycles. The van der Waals surface area contributed by atoms with Crippen LogP contribution in [0.4, 0.5) is 0 Å². The maximum absolute atomic E-state index is 12.7. The molecular weight excluding hydrogens is 266 g/mol. The topological polar surface area (TPSA) is 60.2 Å². The molecule has 0 heterocycles. The molecule has 0 amide bonds. The highest BCUT2D eigenvalue weighted by atomic mass is 16.6. The van der Waals surface area contributed by atoms with E-state index in [0.29, 0.717) is 16.7 Å². The number of hydrogen-bond donors (Lipinski definition) is 0. The van der Waals surface area contributed by atoms with E-state index in [1.54, 1.807) is 30.3 Å². The van der Waals surface area contributed by atoms with Crippen LogP contribution in [0.15, 0.2) is 36.4 Å². The van der Waals surface area contributed by atoms with E-state index >= 15 is 0 Å². The van der Waals surface area contributed by atoms with Crippen molar-refractivity contribution in [3.8, 4) is 0 Å². The van der Waals surface area contributed by atoms with Gasteiger partial charge in [-0.15, -0.1) is 0 Å². The van der Waals surface area contributed by atoms with Gasteiger partial charge in [-0.3, -0.25) is 14.9 Å². The van der Waals surface area contributed by atoms with Gasteiger partial charge in [-0.1, -0.05) is 30.3 Å². The Bertz CT molecular complexity index is 706. The lowest BCUT2D eigenvalue weighted by molar-refractivity contribution is -0.496. The summed E-state index contributed by atoms with van der Waals surface area (Å²) >= 11 is 0. The normalized spacial score (nSPS) is 10.4. The summed E-state index contributed by atoms with van der Waals surface area (Å²) in [5, 5.41) is 10.9. The van der Waals surface area contributed by atoms with Crippen molar-refractivity contribution < 1.29 is 9.72 Å². The maximum atomic E-state index is 12.7. The average molecular weight is 283 g/mol. The second-order valence-corrected chi connectivity index (χ2v) is 5.16. The largest absolute Gasteiger partial charge is 0.289 e. The van der Waals surface area contributed by atoms with Crippen LogP contribution >= 0.6 is 0 Å². The summed E-state index contributed by atoms with van der Waals surface area (Å²) in [6.45, 7) is 5.35. The van der Waals surface area contributed by atoms with Crippen LogP contribution in [0.1, 0.15) is 38.2 Å². The minimum Gasteiger partial charge on any atom is -0.289 e. The minimum absolute atomic E-state index is 0.159. The Morgan fingerprint density at radius 3 is 2.29 bits per heavy atom. The first-order valence-electron chi connectivity index (χ1n) is 6.73. The first kappa shape index (κ1) is 14.9. The van der Waals surface area contributed by atoms with Crippen LogP contribution in [-0.4, -0.2) is 10.7 Å². The number of aryl methyl sites for hydroxylation is 1. The molecule has 4 nitrogen and oxygen atoms in total. The van der Waals surface area contributed by atoms with E-state index in [9.17, 15) is 14.9 Å². The molecule has 0 radical (unpaired) electrons. The van der Waals surface area contributed by atoms with Crippen LogP contribution in [0.5, 0.6) is 0 Å². The highest BCUT2D eigenvalue weighted by molar-refractivity contribution is 6.11. The predicted octanol–water partition coefficient (Wildman–Crippen LogP) is 3.62. The molecule has 0 aliphatic carbocycles. The Labute approximate surface area is 123 Å². The van der Waals surface area contributed by atoms with Gasteiger partial charge in [0.05, 0.1) is 0 Å². The first-order valence-corrected chi connectivity index (χ1v) is 6.73.